The van der Waals surface area contributed by atoms with E-state index in [9.17, 15) is 4.79 Å². The summed E-state index contributed by atoms with van der Waals surface area (Å²) in [4.78, 5) is 23.0. The number of aromatic amines is 1. The Morgan fingerprint density at radius 1 is 1.50 bits per heavy atom. The number of nitrogens with one attached hydrogen (secondary N) is 2. The maximum absolute atomic E-state index is 11.0. The number of aryl methyl sites for hydroxylation is 1. The molecule has 96 valence electrons. The second kappa shape index (κ2) is 5.50. The Labute approximate surface area is 104 Å². The summed E-state index contributed by atoms with van der Waals surface area (Å²) in [5.41, 5.74) is 5.14. The summed E-state index contributed by atoms with van der Waals surface area (Å²) in [6.45, 7) is 2.25. The second-order valence-electron chi connectivity index (χ2n) is 3.85. The molecule has 0 saturated carbocycles. The van der Waals surface area contributed by atoms with Gasteiger partial charge in [0.05, 0.1) is 18.1 Å². The molecule has 0 aliphatic carbocycles. The van der Waals surface area contributed by atoms with E-state index in [-0.39, 0.29) is 6.61 Å². The van der Waals surface area contributed by atoms with E-state index < -0.39 is 6.09 Å². The number of ether oxygens (including phenoxy) is 1. The van der Waals surface area contributed by atoms with E-state index in [0.29, 0.717) is 6.42 Å². The van der Waals surface area contributed by atoms with E-state index in [0.717, 1.165) is 22.4 Å². The smallest absolute Gasteiger partial charge is 0.431 e. The molecule has 1 amide bonds. The zero-order valence-corrected chi connectivity index (χ0v) is 10.3. The van der Waals surface area contributed by atoms with Crippen molar-refractivity contribution in [3.8, 4) is 0 Å². The third-order valence-electron chi connectivity index (χ3n) is 2.52. The highest BCUT2D eigenvalue weighted by molar-refractivity contribution is 5.78. The summed E-state index contributed by atoms with van der Waals surface area (Å²) >= 11 is 0. The third kappa shape index (κ3) is 2.78. The maximum atomic E-state index is 11.0. The molecule has 0 bridgehead atoms. The van der Waals surface area contributed by atoms with Crippen molar-refractivity contribution in [3.63, 3.8) is 0 Å². The number of benzene rings is 1. The Hall–Kier alpha value is -2.08. The van der Waals surface area contributed by atoms with Gasteiger partial charge in [0.2, 0.25) is 0 Å². The first-order chi connectivity index (χ1) is 8.70. The van der Waals surface area contributed by atoms with Crippen molar-refractivity contribution in [1.29, 1.82) is 0 Å². The molecule has 18 heavy (non-hydrogen) atoms. The van der Waals surface area contributed by atoms with Gasteiger partial charge in [0.15, 0.2) is 0 Å². The van der Waals surface area contributed by atoms with Crippen LogP contribution in [0.25, 0.3) is 11.0 Å². The van der Waals surface area contributed by atoms with Crippen LogP contribution in [0.4, 0.5) is 4.79 Å². The fourth-order valence-corrected chi connectivity index (χ4v) is 1.70. The van der Waals surface area contributed by atoms with Crippen LogP contribution in [0, 0.1) is 6.92 Å². The molecule has 1 aromatic heterocycles. The van der Waals surface area contributed by atoms with Crippen molar-refractivity contribution < 1.29 is 14.4 Å². The van der Waals surface area contributed by atoms with Gasteiger partial charge in [-0.1, -0.05) is 12.1 Å². The molecule has 2 rings (SSSR count). The number of imidazole rings is 1. The van der Waals surface area contributed by atoms with Crippen molar-refractivity contribution in [3.05, 3.63) is 29.6 Å². The van der Waals surface area contributed by atoms with Gasteiger partial charge in [-0.3, -0.25) is 4.84 Å². The summed E-state index contributed by atoms with van der Waals surface area (Å²) < 4.78 is 4.88. The largest absolute Gasteiger partial charge is 0.448 e. The molecular formula is C12H15N3O3. The number of H-pyrrole nitrogens is 1. The summed E-state index contributed by atoms with van der Waals surface area (Å²) in [7, 11) is 1.35. The Morgan fingerprint density at radius 2 is 2.33 bits per heavy atom. The molecule has 6 nitrogen and oxygen atoms in total. The zero-order chi connectivity index (χ0) is 13.0. The number of rotatable bonds is 4. The molecule has 0 aliphatic rings. The van der Waals surface area contributed by atoms with Gasteiger partial charge < -0.3 is 9.72 Å². The minimum atomic E-state index is -0.607. The zero-order valence-electron chi connectivity index (χ0n) is 10.3. The third-order valence-corrected chi connectivity index (χ3v) is 2.52. The molecule has 0 aliphatic heterocycles. The number of nitrogens with zero attached hydrogens (tertiary/aromatic N) is 1. The monoisotopic (exact) mass is 249 g/mol. The van der Waals surface area contributed by atoms with Crippen molar-refractivity contribution in [2.24, 2.45) is 0 Å². The standard InChI is InChI=1S/C12H15N3O3/c1-8-4-3-5-9-11(8)14-10(13-9)6-7-18-12(16)15-17-2/h3-5H,6-7H2,1-2H3,(H,13,14)(H,15,16). The highest BCUT2D eigenvalue weighted by atomic mass is 16.7. The molecule has 0 fully saturated rings. The highest BCUT2D eigenvalue weighted by Crippen LogP contribution is 2.15. The topological polar surface area (TPSA) is 76.2 Å². The Morgan fingerprint density at radius 3 is 3.06 bits per heavy atom. The number of hydroxylamine groups is 1. The number of hydrogen-bond donors (Lipinski definition) is 2. The SMILES string of the molecule is CONC(=O)OCCc1nc2c(C)cccc2[nH]1. The van der Waals surface area contributed by atoms with Crippen molar-refractivity contribution >= 4 is 17.1 Å². The molecule has 0 spiro atoms. The maximum Gasteiger partial charge on any atom is 0.431 e. The molecule has 0 unspecified atom stereocenters. The lowest BCUT2D eigenvalue weighted by molar-refractivity contribution is 0.0590. The van der Waals surface area contributed by atoms with Crippen LogP contribution in [0.15, 0.2) is 18.2 Å². The molecule has 2 N–H and O–H groups in total. The van der Waals surface area contributed by atoms with Crippen LogP contribution in [0.1, 0.15) is 11.4 Å². The lowest BCUT2D eigenvalue weighted by Gasteiger charge is -2.02. The molecule has 2 aromatic rings. The Balaban J connectivity index is 1.96. The first-order valence-electron chi connectivity index (χ1n) is 5.60. The van der Waals surface area contributed by atoms with Crippen LogP contribution in [-0.4, -0.2) is 29.8 Å². The van der Waals surface area contributed by atoms with Crippen molar-refractivity contribution in [2.75, 3.05) is 13.7 Å². The molecule has 1 aromatic carbocycles. The van der Waals surface area contributed by atoms with E-state index in [1.54, 1.807) is 0 Å². The predicted molar refractivity (Wildman–Crippen MR) is 66.0 cm³/mol. The average Bonchev–Trinajstić information content (AvgIpc) is 2.74. The van der Waals surface area contributed by atoms with Gasteiger partial charge >= 0.3 is 6.09 Å². The number of aromatic nitrogens is 2. The number of amides is 1. The van der Waals surface area contributed by atoms with Crippen LogP contribution in [0.3, 0.4) is 0 Å². The van der Waals surface area contributed by atoms with Gasteiger partial charge in [-0.05, 0) is 18.6 Å². The highest BCUT2D eigenvalue weighted by Gasteiger charge is 2.06. The van der Waals surface area contributed by atoms with Crippen LogP contribution in [-0.2, 0) is 16.0 Å². The molecule has 6 heteroatoms. The van der Waals surface area contributed by atoms with E-state index >= 15 is 0 Å². The van der Waals surface area contributed by atoms with Crippen LogP contribution >= 0.6 is 0 Å². The van der Waals surface area contributed by atoms with Crippen molar-refractivity contribution in [1.82, 2.24) is 15.4 Å². The number of carbonyl (C=O) groups excluding carboxylic acids is 1. The quantitative estimate of drug-likeness (QED) is 0.809. The minimum Gasteiger partial charge on any atom is -0.448 e. The van der Waals surface area contributed by atoms with Crippen LogP contribution < -0.4 is 5.48 Å². The first-order valence-corrected chi connectivity index (χ1v) is 5.60. The molecular weight excluding hydrogens is 234 g/mol. The second-order valence-corrected chi connectivity index (χ2v) is 3.85. The number of fused-ring (bicyclic) bond motifs is 1. The number of carbonyl (C=O) groups is 1. The predicted octanol–water partition coefficient (Wildman–Crippen LogP) is 1.70. The van der Waals surface area contributed by atoms with Gasteiger partial charge in [-0.25, -0.2) is 9.78 Å². The minimum absolute atomic E-state index is 0.244. The fraction of sp³-hybridized carbons (Fsp3) is 0.333. The summed E-state index contributed by atoms with van der Waals surface area (Å²) in [6.07, 6.45) is -0.0737. The van der Waals surface area contributed by atoms with E-state index in [1.165, 1.54) is 7.11 Å². The molecule has 1 heterocycles. The van der Waals surface area contributed by atoms with Crippen LogP contribution in [0.5, 0.6) is 0 Å². The number of para-hydroxylation sites is 1. The lowest BCUT2D eigenvalue weighted by atomic mass is 10.2. The average molecular weight is 249 g/mol. The number of hydrogen-bond acceptors (Lipinski definition) is 4. The van der Waals surface area contributed by atoms with Crippen LogP contribution in [0.2, 0.25) is 0 Å². The Bertz CT molecular complexity index is 550. The Kier molecular flexibility index (Phi) is 3.78. The normalized spacial score (nSPS) is 10.6. The summed E-state index contributed by atoms with van der Waals surface area (Å²) in [5.74, 6) is 0.796. The van der Waals surface area contributed by atoms with Crippen molar-refractivity contribution in [2.45, 2.75) is 13.3 Å². The molecule has 0 radical (unpaired) electrons. The lowest BCUT2D eigenvalue weighted by Crippen LogP contribution is -2.23. The summed E-state index contributed by atoms with van der Waals surface area (Å²) in [5, 5.41) is 0. The van der Waals surface area contributed by atoms with E-state index in [4.69, 9.17) is 4.74 Å². The summed E-state index contributed by atoms with van der Waals surface area (Å²) in [6, 6.07) is 5.95. The van der Waals surface area contributed by atoms with Gasteiger partial charge in [-0.2, -0.15) is 5.48 Å². The molecule has 0 atom stereocenters. The van der Waals surface area contributed by atoms with E-state index in [2.05, 4.69) is 20.3 Å². The first kappa shape index (κ1) is 12.4. The van der Waals surface area contributed by atoms with Gasteiger partial charge in [0.1, 0.15) is 12.4 Å². The van der Waals surface area contributed by atoms with Gasteiger partial charge in [0.25, 0.3) is 0 Å². The van der Waals surface area contributed by atoms with Gasteiger partial charge in [0, 0.05) is 6.42 Å². The fourth-order valence-electron chi connectivity index (χ4n) is 1.70. The molecule has 0 saturated heterocycles. The van der Waals surface area contributed by atoms with E-state index in [1.807, 2.05) is 25.1 Å². The van der Waals surface area contributed by atoms with Gasteiger partial charge in [-0.15, -0.1) is 0 Å².